The Kier molecular flexibility index (Phi) is 3.25. The van der Waals surface area contributed by atoms with E-state index >= 15 is 0 Å². The molecule has 15 heavy (non-hydrogen) atoms. The molecule has 1 aliphatic heterocycles. The Morgan fingerprint density at radius 1 is 1.53 bits per heavy atom. The summed E-state index contributed by atoms with van der Waals surface area (Å²) in [6.07, 6.45) is 0.890. The molecule has 4 heteroatoms. The van der Waals surface area contributed by atoms with Gasteiger partial charge in [0.15, 0.2) is 0 Å². The van der Waals surface area contributed by atoms with Crippen LogP contribution in [0.15, 0.2) is 24.3 Å². The lowest BCUT2D eigenvalue weighted by molar-refractivity contribution is -0.118. The van der Waals surface area contributed by atoms with Crippen molar-refractivity contribution in [2.24, 2.45) is 0 Å². The molecule has 1 N–H and O–H groups in total. The van der Waals surface area contributed by atoms with Crippen LogP contribution in [0.25, 0.3) is 0 Å². The Morgan fingerprint density at radius 2 is 2.33 bits per heavy atom. The van der Waals surface area contributed by atoms with Gasteiger partial charge in [-0.1, -0.05) is 6.07 Å². The molecule has 1 atom stereocenters. The second-order valence-corrected chi connectivity index (χ2v) is 4.85. The fourth-order valence-corrected chi connectivity index (χ4v) is 2.37. The number of halogens is 1. The zero-order valence-electron chi connectivity index (χ0n) is 8.53. The highest BCUT2D eigenvalue weighted by molar-refractivity contribution is 14.1. The number of amides is 1. The summed E-state index contributed by atoms with van der Waals surface area (Å²) in [5.74, 6) is 0.180. The van der Waals surface area contributed by atoms with Crippen molar-refractivity contribution in [2.45, 2.75) is 12.5 Å². The molecule has 0 radical (unpaired) electrons. The molecular weight excluding hydrogens is 303 g/mol. The summed E-state index contributed by atoms with van der Waals surface area (Å²) in [6.45, 7) is 0.810. The summed E-state index contributed by atoms with van der Waals surface area (Å²) >= 11 is 2.26. The highest BCUT2D eigenvalue weighted by atomic mass is 127. The third-order valence-electron chi connectivity index (χ3n) is 2.67. The second-order valence-electron chi connectivity index (χ2n) is 3.60. The van der Waals surface area contributed by atoms with E-state index in [0.717, 1.165) is 22.2 Å². The maximum atomic E-state index is 11.9. The van der Waals surface area contributed by atoms with Crippen molar-refractivity contribution in [1.82, 2.24) is 5.32 Å². The molecule has 80 valence electrons. The highest BCUT2D eigenvalue weighted by Crippen LogP contribution is 2.22. The number of hydrogen-bond acceptors (Lipinski definition) is 2. The maximum Gasteiger partial charge on any atom is 0.244 e. The van der Waals surface area contributed by atoms with Gasteiger partial charge in [-0.05, 0) is 54.3 Å². The lowest BCUT2D eigenvalue weighted by Gasteiger charge is -2.16. The molecule has 1 unspecified atom stereocenters. The van der Waals surface area contributed by atoms with Crippen molar-refractivity contribution in [1.29, 1.82) is 0 Å². The fourth-order valence-electron chi connectivity index (χ4n) is 1.85. The number of carbonyl (C=O) groups excluding carboxylic acids is 1. The Bertz CT molecular complexity index is 381. The number of anilines is 1. The van der Waals surface area contributed by atoms with Gasteiger partial charge < -0.3 is 10.2 Å². The smallest absolute Gasteiger partial charge is 0.244 e. The van der Waals surface area contributed by atoms with Crippen LogP contribution in [-0.4, -0.2) is 25.5 Å². The molecule has 1 heterocycles. The lowest BCUT2D eigenvalue weighted by atomic mass is 10.2. The molecule has 1 saturated heterocycles. The van der Waals surface area contributed by atoms with E-state index < -0.39 is 0 Å². The quantitative estimate of drug-likeness (QED) is 0.841. The lowest BCUT2D eigenvalue weighted by Crippen LogP contribution is -2.36. The minimum absolute atomic E-state index is 0.0112. The first-order valence-electron chi connectivity index (χ1n) is 4.96. The Labute approximate surface area is 103 Å². The number of rotatable bonds is 2. The summed E-state index contributed by atoms with van der Waals surface area (Å²) in [7, 11) is 1.83. The van der Waals surface area contributed by atoms with Crippen molar-refractivity contribution in [2.75, 3.05) is 18.5 Å². The number of benzene rings is 1. The number of nitrogens with zero attached hydrogens (tertiary/aromatic N) is 1. The molecule has 1 aromatic carbocycles. The van der Waals surface area contributed by atoms with Gasteiger partial charge in [0.05, 0.1) is 6.04 Å². The summed E-state index contributed by atoms with van der Waals surface area (Å²) < 4.78 is 1.16. The van der Waals surface area contributed by atoms with E-state index in [2.05, 4.69) is 27.9 Å². The first-order valence-corrected chi connectivity index (χ1v) is 6.04. The predicted octanol–water partition coefficient (Wildman–Crippen LogP) is 1.62. The molecule has 1 aliphatic rings. The van der Waals surface area contributed by atoms with Gasteiger partial charge in [-0.2, -0.15) is 0 Å². The van der Waals surface area contributed by atoms with E-state index in [1.807, 2.05) is 36.2 Å². The monoisotopic (exact) mass is 316 g/mol. The van der Waals surface area contributed by atoms with Crippen LogP contribution >= 0.6 is 22.6 Å². The van der Waals surface area contributed by atoms with Crippen molar-refractivity contribution < 1.29 is 4.79 Å². The molecular formula is C11H13IN2O. The number of hydrogen-bond donors (Lipinski definition) is 1. The average Bonchev–Trinajstić information content (AvgIpc) is 2.59. The molecule has 1 amide bonds. The predicted molar refractivity (Wildman–Crippen MR) is 69.0 cm³/mol. The van der Waals surface area contributed by atoms with Gasteiger partial charge in [0.1, 0.15) is 0 Å². The molecule has 0 aromatic heterocycles. The summed E-state index contributed by atoms with van der Waals surface area (Å²) in [5.41, 5.74) is 1.00. The summed E-state index contributed by atoms with van der Waals surface area (Å²) in [4.78, 5) is 13.8. The van der Waals surface area contributed by atoms with Crippen LogP contribution in [0.1, 0.15) is 6.42 Å². The number of nitrogens with one attached hydrogen (secondary N) is 1. The van der Waals surface area contributed by atoms with E-state index in [0.29, 0.717) is 0 Å². The Morgan fingerprint density at radius 3 is 2.93 bits per heavy atom. The van der Waals surface area contributed by atoms with E-state index in [-0.39, 0.29) is 11.9 Å². The second kappa shape index (κ2) is 4.49. The first-order chi connectivity index (χ1) is 7.22. The van der Waals surface area contributed by atoms with Gasteiger partial charge in [-0.15, -0.1) is 0 Å². The topological polar surface area (TPSA) is 32.3 Å². The highest BCUT2D eigenvalue weighted by Gasteiger charge is 2.31. The van der Waals surface area contributed by atoms with Crippen LogP contribution < -0.4 is 10.2 Å². The molecule has 2 rings (SSSR count). The van der Waals surface area contributed by atoms with Gasteiger partial charge in [-0.25, -0.2) is 0 Å². The van der Waals surface area contributed by atoms with E-state index in [4.69, 9.17) is 0 Å². The van der Waals surface area contributed by atoms with E-state index in [9.17, 15) is 4.79 Å². The summed E-state index contributed by atoms with van der Waals surface area (Å²) in [6, 6.07) is 8.02. The van der Waals surface area contributed by atoms with Crippen LogP contribution in [0.5, 0.6) is 0 Å². The minimum Gasteiger partial charge on any atom is -0.311 e. The molecule has 1 fully saturated rings. The van der Waals surface area contributed by atoms with Gasteiger partial charge >= 0.3 is 0 Å². The zero-order valence-corrected chi connectivity index (χ0v) is 10.7. The van der Waals surface area contributed by atoms with Gasteiger partial charge in [0.2, 0.25) is 5.91 Å². The van der Waals surface area contributed by atoms with Crippen LogP contribution in [0, 0.1) is 3.57 Å². The zero-order chi connectivity index (χ0) is 10.8. The standard InChI is InChI=1S/C11H13IN2O/c1-13-10-5-6-14(11(10)15)9-4-2-3-8(12)7-9/h2-4,7,10,13H,5-6H2,1H3. The third kappa shape index (κ3) is 2.15. The molecule has 0 spiro atoms. The normalized spacial score (nSPS) is 21.1. The number of likely N-dealkylation sites (N-methyl/N-ethyl adjacent to an activating group) is 1. The Hall–Kier alpha value is -0.620. The summed E-state index contributed by atoms with van der Waals surface area (Å²) in [5, 5.41) is 3.03. The molecule has 0 aliphatic carbocycles. The molecule has 3 nitrogen and oxygen atoms in total. The Balaban J connectivity index is 2.22. The van der Waals surface area contributed by atoms with Crippen molar-refractivity contribution in [3.05, 3.63) is 27.8 Å². The fraction of sp³-hybridized carbons (Fsp3) is 0.364. The largest absolute Gasteiger partial charge is 0.311 e. The van der Waals surface area contributed by atoms with E-state index in [1.54, 1.807) is 0 Å². The maximum absolute atomic E-state index is 11.9. The average molecular weight is 316 g/mol. The van der Waals surface area contributed by atoms with Crippen LogP contribution in [0.2, 0.25) is 0 Å². The van der Waals surface area contributed by atoms with Crippen molar-refractivity contribution in [3.8, 4) is 0 Å². The SMILES string of the molecule is CNC1CCN(c2cccc(I)c2)C1=O. The van der Waals surface area contributed by atoms with Crippen LogP contribution in [-0.2, 0) is 4.79 Å². The number of carbonyl (C=O) groups is 1. The van der Waals surface area contributed by atoms with Crippen molar-refractivity contribution in [3.63, 3.8) is 0 Å². The van der Waals surface area contributed by atoms with E-state index in [1.165, 1.54) is 0 Å². The van der Waals surface area contributed by atoms with Crippen molar-refractivity contribution >= 4 is 34.2 Å². The first kappa shape index (κ1) is 10.9. The molecule has 0 saturated carbocycles. The van der Waals surface area contributed by atoms with Crippen LogP contribution in [0.3, 0.4) is 0 Å². The third-order valence-corrected chi connectivity index (χ3v) is 3.34. The minimum atomic E-state index is -0.0112. The molecule has 0 bridgehead atoms. The molecule has 1 aromatic rings. The van der Waals surface area contributed by atoms with Gasteiger partial charge in [-0.3, -0.25) is 4.79 Å². The van der Waals surface area contributed by atoms with Gasteiger partial charge in [0.25, 0.3) is 0 Å². The van der Waals surface area contributed by atoms with Crippen LogP contribution in [0.4, 0.5) is 5.69 Å². The van der Waals surface area contributed by atoms with Gasteiger partial charge in [0, 0.05) is 15.8 Å².